The van der Waals surface area contributed by atoms with Gasteiger partial charge in [0.05, 0.1) is 5.44 Å². The van der Waals surface area contributed by atoms with Gasteiger partial charge in [0.2, 0.25) is 11.8 Å². The van der Waals surface area contributed by atoms with Crippen LogP contribution in [0.15, 0.2) is 42.5 Å². The maximum atomic E-state index is 14.8. The normalized spacial score (nSPS) is 20.2. The summed E-state index contributed by atoms with van der Waals surface area (Å²) in [5.41, 5.74) is 0.710. The molecule has 1 saturated heterocycles. The van der Waals surface area contributed by atoms with E-state index in [9.17, 15) is 28.0 Å². The van der Waals surface area contributed by atoms with Crippen LogP contribution in [0, 0.1) is 0 Å². The van der Waals surface area contributed by atoms with Crippen LogP contribution >= 0.6 is 0 Å². The van der Waals surface area contributed by atoms with Crippen molar-refractivity contribution >= 4 is 31.5 Å². The number of rotatable bonds is 5. The number of hydrogen-bond donors (Lipinski definition) is 2. The maximum Gasteiger partial charge on any atom is 0.349 e. The van der Waals surface area contributed by atoms with E-state index in [1.807, 2.05) is 20.8 Å². The van der Waals surface area contributed by atoms with Gasteiger partial charge in [-0.2, -0.15) is 8.78 Å². The number of piperidine rings is 1. The van der Waals surface area contributed by atoms with Gasteiger partial charge in [0.25, 0.3) is 11.8 Å². The van der Waals surface area contributed by atoms with Crippen LogP contribution < -0.4 is 10.6 Å². The molecule has 2 aromatic carbocycles. The van der Waals surface area contributed by atoms with Crippen LogP contribution in [0.2, 0.25) is 0 Å². The molecule has 10 heteroatoms. The third-order valence-corrected chi connectivity index (χ3v) is 7.00. The third-order valence-electron chi connectivity index (χ3n) is 7.00. The number of halogens is 2. The van der Waals surface area contributed by atoms with Crippen molar-refractivity contribution in [3.8, 4) is 0 Å². The lowest BCUT2D eigenvalue weighted by Gasteiger charge is -2.39. The molecular formula is C26H28BF2N3O4. The molecule has 0 radical (unpaired) electrons. The van der Waals surface area contributed by atoms with Crippen molar-refractivity contribution in [2.45, 2.75) is 63.5 Å². The van der Waals surface area contributed by atoms with E-state index in [2.05, 4.69) is 10.6 Å². The van der Waals surface area contributed by atoms with E-state index >= 15 is 0 Å². The van der Waals surface area contributed by atoms with Crippen LogP contribution in [0.1, 0.15) is 66.2 Å². The van der Waals surface area contributed by atoms with Crippen molar-refractivity contribution < 1.29 is 28.0 Å². The summed E-state index contributed by atoms with van der Waals surface area (Å²) in [7, 11) is 1.62. The van der Waals surface area contributed by atoms with Gasteiger partial charge < -0.3 is 10.2 Å². The lowest BCUT2D eigenvalue weighted by atomic mass is 9.70. The van der Waals surface area contributed by atoms with Crippen molar-refractivity contribution in [3.05, 3.63) is 70.3 Å². The number of hydrogen-bond acceptors (Lipinski definition) is 4. The Kier molecular flexibility index (Phi) is 6.26. The number of benzene rings is 2. The molecule has 0 aliphatic carbocycles. The molecule has 0 saturated carbocycles. The van der Waals surface area contributed by atoms with E-state index in [4.69, 9.17) is 0 Å². The van der Waals surface area contributed by atoms with Crippen molar-refractivity contribution in [2.75, 3.05) is 0 Å². The SMILES string of the molecule is BC1(N2Cc3cc(CNC(=O)C(F)(F)c4ccc(C(C)(C)C)cc4)ccc3C2=O)CCC(=O)NC1=O. The summed E-state index contributed by atoms with van der Waals surface area (Å²) >= 11 is 0. The Morgan fingerprint density at radius 3 is 2.33 bits per heavy atom. The van der Waals surface area contributed by atoms with Gasteiger partial charge in [-0.15, -0.1) is 0 Å². The van der Waals surface area contributed by atoms with Crippen molar-refractivity contribution in [2.24, 2.45) is 0 Å². The van der Waals surface area contributed by atoms with Crippen molar-refractivity contribution in [1.82, 2.24) is 15.5 Å². The fourth-order valence-electron chi connectivity index (χ4n) is 4.54. The summed E-state index contributed by atoms with van der Waals surface area (Å²) in [5.74, 6) is -6.36. The zero-order chi connectivity index (χ0) is 26.5. The van der Waals surface area contributed by atoms with Crippen molar-refractivity contribution in [1.29, 1.82) is 0 Å². The lowest BCUT2D eigenvalue weighted by Crippen LogP contribution is -2.63. The molecule has 2 aliphatic heterocycles. The number of amides is 4. The molecule has 7 nitrogen and oxygen atoms in total. The Hall–Kier alpha value is -3.56. The van der Waals surface area contributed by atoms with Gasteiger partial charge in [0, 0.05) is 30.6 Å². The second-order valence-electron chi connectivity index (χ2n) is 10.6. The highest BCUT2D eigenvalue weighted by atomic mass is 19.3. The molecule has 1 unspecified atom stereocenters. The Labute approximate surface area is 209 Å². The zero-order valence-corrected chi connectivity index (χ0v) is 20.7. The van der Waals surface area contributed by atoms with E-state index in [1.54, 1.807) is 38.2 Å². The number of alkyl halides is 2. The topological polar surface area (TPSA) is 95.6 Å². The average Bonchev–Trinajstić information content (AvgIpc) is 3.16. The number of nitrogens with zero attached hydrogens (tertiary/aromatic N) is 1. The molecule has 1 fully saturated rings. The Morgan fingerprint density at radius 2 is 1.72 bits per heavy atom. The molecule has 1 atom stereocenters. The number of nitrogens with one attached hydrogen (secondary N) is 2. The van der Waals surface area contributed by atoms with Gasteiger partial charge in [0.15, 0.2) is 0 Å². The predicted octanol–water partition coefficient (Wildman–Crippen LogP) is 2.11. The molecule has 188 valence electrons. The molecule has 2 heterocycles. The fraction of sp³-hybridized carbons (Fsp3) is 0.385. The Morgan fingerprint density at radius 1 is 1.08 bits per heavy atom. The van der Waals surface area contributed by atoms with Crippen LogP contribution in [-0.4, -0.2) is 41.8 Å². The van der Waals surface area contributed by atoms with Gasteiger partial charge in [0.1, 0.15) is 7.85 Å². The van der Waals surface area contributed by atoms with Gasteiger partial charge in [-0.25, -0.2) is 0 Å². The van der Waals surface area contributed by atoms with E-state index in [0.717, 1.165) is 5.56 Å². The standard InChI is InChI=1S/C26H28BF2N3O4/c1-24(2,3)17-5-7-18(8-6-17)26(28,29)23(36)30-13-15-4-9-19-16(12-15)14-32(21(19)34)25(27)11-10-20(33)31-22(25)35/h4-9,12H,10-11,13-14,27H2,1-3H3,(H,30,36)(H,31,33,35). The summed E-state index contributed by atoms with van der Waals surface area (Å²) in [4.78, 5) is 50.8. The van der Waals surface area contributed by atoms with Crippen molar-refractivity contribution in [3.63, 3.8) is 0 Å². The third kappa shape index (κ3) is 4.52. The van der Waals surface area contributed by atoms with Gasteiger partial charge in [-0.3, -0.25) is 24.5 Å². The number of carbonyl (C=O) groups excluding carboxylic acids is 4. The Bertz CT molecular complexity index is 1260. The van der Waals surface area contributed by atoms with Crippen LogP contribution in [-0.2, 0) is 38.8 Å². The Balaban J connectivity index is 1.44. The largest absolute Gasteiger partial charge is 0.349 e. The monoisotopic (exact) mass is 495 g/mol. The highest BCUT2D eigenvalue weighted by Gasteiger charge is 2.48. The van der Waals surface area contributed by atoms with Crippen LogP contribution in [0.25, 0.3) is 0 Å². The first-order valence-electron chi connectivity index (χ1n) is 11.8. The average molecular weight is 495 g/mol. The minimum Gasteiger partial charge on any atom is -0.346 e. The fourth-order valence-corrected chi connectivity index (χ4v) is 4.54. The van der Waals surface area contributed by atoms with E-state index in [-0.39, 0.29) is 48.7 Å². The molecule has 0 bridgehead atoms. The quantitative estimate of drug-likeness (QED) is 0.491. The highest BCUT2D eigenvalue weighted by molar-refractivity contribution is 6.32. The second-order valence-corrected chi connectivity index (χ2v) is 10.6. The molecule has 0 spiro atoms. The number of carbonyl (C=O) groups is 4. The summed E-state index contributed by atoms with van der Waals surface area (Å²) in [6.45, 7) is 5.91. The van der Waals surface area contributed by atoms with Crippen LogP contribution in [0.5, 0.6) is 0 Å². The van der Waals surface area contributed by atoms with E-state index in [1.165, 1.54) is 17.0 Å². The molecule has 0 aromatic heterocycles. The van der Waals surface area contributed by atoms with Crippen LogP contribution in [0.4, 0.5) is 8.78 Å². The van der Waals surface area contributed by atoms with Gasteiger partial charge in [-0.05, 0) is 34.6 Å². The molecule has 4 amide bonds. The minimum absolute atomic E-state index is 0.132. The zero-order valence-electron chi connectivity index (χ0n) is 20.7. The maximum absolute atomic E-state index is 14.8. The van der Waals surface area contributed by atoms with E-state index < -0.39 is 23.2 Å². The van der Waals surface area contributed by atoms with E-state index in [0.29, 0.717) is 16.7 Å². The lowest BCUT2D eigenvalue weighted by molar-refractivity contribution is -0.147. The molecule has 36 heavy (non-hydrogen) atoms. The smallest absolute Gasteiger partial charge is 0.346 e. The summed E-state index contributed by atoms with van der Waals surface area (Å²) < 4.78 is 29.6. The second kappa shape index (κ2) is 8.83. The van der Waals surface area contributed by atoms with Gasteiger partial charge >= 0.3 is 5.92 Å². The van der Waals surface area contributed by atoms with Crippen LogP contribution in [0.3, 0.4) is 0 Å². The van der Waals surface area contributed by atoms with Gasteiger partial charge in [-0.1, -0.05) is 57.2 Å². The minimum atomic E-state index is -3.71. The summed E-state index contributed by atoms with van der Waals surface area (Å²) in [6.07, 6.45) is 0.346. The summed E-state index contributed by atoms with van der Waals surface area (Å²) in [6, 6.07) is 10.6. The number of imide groups is 1. The number of fused-ring (bicyclic) bond motifs is 1. The first-order valence-corrected chi connectivity index (χ1v) is 11.8. The first-order chi connectivity index (χ1) is 16.7. The highest BCUT2D eigenvalue weighted by Crippen LogP contribution is 2.34. The molecule has 2 aromatic rings. The molecule has 4 rings (SSSR count). The summed E-state index contributed by atoms with van der Waals surface area (Å²) in [5, 5.41) is 4.58. The molecule has 2 aliphatic rings. The molecule has 2 N–H and O–H groups in total. The molecular weight excluding hydrogens is 467 g/mol. The first kappa shape index (κ1) is 25.5. The predicted molar refractivity (Wildman–Crippen MR) is 131 cm³/mol.